The Labute approximate surface area is 141 Å². The summed E-state index contributed by atoms with van der Waals surface area (Å²) in [4.78, 5) is 14.1. The number of nitrogens with one attached hydrogen (secondary N) is 1. The van der Waals surface area contributed by atoms with Gasteiger partial charge in [0, 0.05) is 32.2 Å². The lowest BCUT2D eigenvalue weighted by atomic mass is 10.2. The van der Waals surface area contributed by atoms with Crippen molar-refractivity contribution in [1.29, 1.82) is 0 Å². The van der Waals surface area contributed by atoms with E-state index in [-0.39, 0.29) is 16.8 Å². The third-order valence-electron chi connectivity index (χ3n) is 4.56. The lowest BCUT2D eigenvalue weighted by molar-refractivity contribution is -0.126. The summed E-state index contributed by atoms with van der Waals surface area (Å²) in [7, 11) is -3.70. The first-order valence-corrected chi connectivity index (χ1v) is 9.62. The van der Waals surface area contributed by atoms with E-state index in [0.29, 0.717) is 32.2 Å². The van der Waals surface area contributed by atoms with Gasteiger partial charge < -0.3 is 5.32 Å². The summed E-state index contributed by atoms with van der Waals surface area (Å²) >= 11 is 0. The lowest BCUT2D eigenvalue weighted by Gasteiger charge is -2.36. The van der Waals surface area contributed by atoms with Crippen LogP contribution in [-0.2, 0) is 14.8 Å². The zero-order valence-electron chi connectivity index (χ0n) is 13.6. The number of benzene rings is 1. The molecular weight excluding hydrogens is 333 g/mol. The van der Waals surface area contributed by atoms with E-state index in [2.05, 4.69) is 5.32 Å². The molecule has 1 saturated heterocycles. The number of nitrogens with zero attached hydrogens (tertiary/aromatic N) is 2. The van der Waals surface area contributed by atoms with E-state index in [1.165, 1.54) is 22.5 Å². The Morgan fingerprint density at radius 2 is 1.92 bits per heavy atom. The monoisotopic (exact) mass is 355 g/mol. The van der Waals surface area contributed by atoms with E-state index in [1.54, 1.807) is 0 Å². The van der Waals surface area contributed by atoms with Gasteiger partial charge in [0.25, 0.3) is 0 Å². The topological polar surface area (TPSA) is 69.7 Å². The minimum absolute atomic E-state index is 0.000984. The summed E-state index contributed by atoms with van der Waals surface area (Å²) in [6.07, 6.45) is 2.08. The molecule has 1 aliphatic carbocycles. The third kappa shape index (κ3) is 3.76. The third-order valence-corrected chi connectivity index (χ3v) is 6.45. The van der Waals surface area contributed by atoms with Crippen molar-refractivity contribution in [2.75, 3.05) is 26.2 Å². The van der Waals surface area contributed by atoms with Gasteiger partial charge in [-0.1, -0.05) is 6.07 Å². The van der Waals surface area contributed by atoms with E-state index in [1.807, 2.05) is 11.8 Å². The van der Waals surface area contributed by atoms with Gasteiger partial charge in [-0.15, -0.1) is 0 Å². The second-order valence-corrected chi connectivity index (χ2v) is 8.29. The highest BCUT2D eigenvalue weighted by molar-refractivity contribution is 7.89. The SMILES string of the molecule is CC(C(=O)NC1CC1)N1CCN(S(=O)(=O)c2cccc(F)c2)CC1. The van der Waals surface area contributed by atoms with E-state index in [4.69, 9.17) is 0 Å². The average molecular weight is 355 g/mol. The van der Waals surface area contributed by atoms with Crippen LogP contribution < -0.4 is 5.32 Å². The number of halogens is 1. The van der Waals surface area contributed by atoms with E-state index < -0.39 is 15.8 Å². The molecule has 0 spiro atoms. The van der Waals surface area contributed by atoms with Gasteiger partial charge >= 0.3 is 0 Å². The molecule has 2 aliphatic rings. The van der Waals surface area contributed by atoms with Gasteiger partial charge in [-0.2, -0.15) is 4.31 Å². The molecule has 2 fully saturated rings. The molecule has 0 aromatic heterocycles. The Morgan fingerprint density at radius 3 is 2.50 bits per heavy atom. The normalized spacial score (nSPS) is 21.4. The van der Waals surface area contributed by atoms with Crippen LogP contribution in [0.1, 0.15) is 19.8 Å². The van der Waals surface area contributed by atoms with Crippen molar-refractivity contribution in [2.45, 2.75) is 36.7 Å². The summed E-state index contributed by atoms with van der Waals surface area (Å²) in [5.41, 5.74) is 0. The maximum Gasteiger partial charge on any atom is 0.243 e. The molecular formula is C16H22FN3O3S. The molecule has 1 saturated carbocycles. The Kier molecular flexibility index (Phi) is 4.89. The molecule has 1 atom stereocenters. The highest BCUT2D eigenvalue weighted by Gasteiger charge is 2.33. The molecule has 3 rings (SSSR count). The van der Waals surface area contributed by atoms with Crippen molar-refractivity contribution in [3.05, 3.63) is 30.1 Å². The number of hydrogen-bond acceptors (Lipinski definition) is 4. The van der Waals surface area contributed by atoms with E-state index in [0.717, 1.165) is 18.9 Å². The smallest absolute Gasteiger partial charge is 0.243 e. The van der Waals surface area contributed by atoms with Gasteiger partial charge in [0.05, 0.1) is 10.9 Å². The van der Waals surface area contributed by atoms with Crippen LogP contribution in [0.25, 0.3) is 0 Å². The molecule has 1 aromatic carbocycles. The summed E-state index contributed by atoms with van der Waals surface area (Å²) in [5, 5.41) is 2.97. The largest absolute Gasteiger partial charge is 0.352 e. The molecule has 0 radical (unpaired) electrons. The summed E-state index contributed by atoms with van der Waals surface area (Å²) < 4.78 is 39.8. The van der Waals surface area contributed by atoms with E-state index >= 15 is 0 Å². The summed E-state index contributed by atoms with van der Waals surface area (Å²) in [6, 6.07) is 5.09. The highest BCUT2D eigenvalue weighted by Crippen LogP contribution is 2.21. The van der Waals surface area contributed by atoms with Crippen LogP contribution in [0.5, 0.6) is 0 Å². The second-order valence-electron chi connectivity index (χ2n) is 6.36. The van der Waals surface area contributed by atoms with Gasteiger partial charge in [0.2, 0.25) is 15.9 Å². The van der Waals surface area contributed by atoms with Crippen molar-refractivity contribution in [3.8, 4) is 0 Å². The van der Waals surface area contributed by atoms with Crippen molar-refractivity contribution in [3.63, 3.8) is 0 Å². The first kappa shape index (κ1) is 17.3. The van der Waals surface area contributed by atoms with Crippen molar-refractivity contribution in [2.24, 2.45) is 0 Å². The van der Waals surface area contributed by atoms with Crippen molar-refractivity contribution < 1.29 is 17.6 Å². The molecule has 1 aromatic rings. The van der Waals surface area contributed by atoms with Gasteiger partial charge in [0.15, 0.2) is 0 Å². The van der Waals surface area contributed by atoms with Gasteiger partial charge in [-0.3, -0.25) is 9.69 Å². The van der Waals surface area contributed by atoms with Crippen molar-refractivity contribution in [1.82, 2.24) is 14.5 Å². The van der Waals surface area contributed by atoms with Crippen LogP contribution in [0, 0.1) is 5.82 Å². The zero-order chi connectivity index (χ0) is 17.3. The quantitative estimate of drug-likeness (QED) is 0.848. The number of amides is 1. The lowest BCUT2D eigenvalue weighted by Crippen LogP contribution is -2.55. The van der Waals surface area contributed by atoms with Gasteiger partial charge in [-0.05, 0) is 38.0 Å². The maximum atomic E-state index is 13.3. The number of hydrogen-bond donors (Lipinski definition) is 1. The molecule has 1 heterocycles. The first-order valence-electron chi connectivity index (χ1n) is 8.18. The molecule has 1 aliphatic heterocycles. The fourth-order valence-corrected chi connectivity index (χ4v) is 4.28. The predicted molar refractivity (Wildman–Crippen MR) is 87.4 cm³/mol. The fraction of sp³-hybridized carbons (Fsp3) is 0.562. The van der Waals surface area contributed by atoms with Gasteiger partial charge in [-0.25, -0.2) is 12.8 Å². The fourth-order valence-electron chi connectivity index (χ4n) is 2.82. The van der Waals surface area contributed by atoms with E-state index in [9.17, 15) is 17.6 Å². The molecule has 1 N–H and O–H groups in total. The number of piperazine rings is 1. The van der Waals surface area contributed by atoms with Crippen molar-refractivity contribution >= 4 is 15.9 Å². The minimum Gasteiger partial charge on any atom is -0.352 e. The number of carbonyl (C=O) groups is 1. The van der Waals surface area contributed by atoms with Crippen LogP contribution in [0.4, 0.5) is 4.39 Å². The molecule has 6 nitrogen and oxygen atoms in total. The molecule has 1 unspecified atom stereocenters. The molecule has 24 heavy (non-hydrogen) atoms. The Bertz CT molecular complexity index is 713. The number of rotatable bonds is 5. The van der Waals surface area contributed by atoms with Crippen LogP contribution >= 0.6 is 0 Å². The average Bonchev–Trinajstić information content (AvgIpc) is 3.38. The van der Waals surface area contributed by atoms with Crippen LogP contribution in [-0.4, -0.2) is 61.8 Å². The van der Waals surface area contributed by atoms with Crippen LogP contribution in [0.3, 0.4) is 0 Å². The zero-order valence-corrected chi connectivity index (χ0v) is 14.4. The predicted octanol–water partition coefficient (Wildman–Crippen LogP) is 0.799. The molecule has 8 heteroatoms. The highest BCUT2D eigenvalue weighted by atomic mass is 32.2. The van der Waals surface area contributed by atoms with Gasteiger partial charge in [0.1, 0.15) is 5.82 Å². The van der Waals surface area contributed by atoms with Crippen LogP contribution in [0.15, 0.2) is 29.2 Å². The number of sulfonamides is 1. The standard InChI is InChI=1S/C16H22FN3O3S/c1-12(16(21)18-14-5-6-14)19-7-9-20(10-8-19)24(22,23)15-4-2-3-13(17)11-15/h2-4,11-12,14H,5-10H2,1H3,(H,18,21). The Balaban J connectivity index is 1.60. The maximum absolute atomic E-state index is 13.3. The molecule has 132 valence electrons. The molecule has 0 bridgehead atoms. The summed E-state index contributed by atoms with van der Waals surface area (Å²) in [5.74, 6) is -0.570. The number of carbonyl (C=O) groups excluding carboxylic acids is 1. The Morgan fingerprint density at radius 1 is 1.25 bits per heavy atom. The molecule has 1 amide bonds. The second kappa shape index (κ2) is 6.78. The van der Waals surface area contributed by atoms with Crippen LogP contribution in [0.2, 0.25) is 0 Å². The summed E-state index contributed by atoms with van der Waals surface area (Å²) in [6.45, 7) is 3.38. The first-order chi connectivity index (χ1) is 11.4. The minimum atomic E-state index is -3.70. The Hall–Kier alpha value is -1.51.